The van der Waals surface area contributed by atoms with Crippen LogP contribution in [0.3, 0.4) is 0 Å². The molecule has 2 N–H and O–H groups in total. The van der Waals surface area contributed by atoms with Crippen molar-refractivity contribution < 1.29 is 9.53 Å². The molecule has 3 rings (SSSR count). The summed E-state index contributed by atoms with van der Waals surface area (Å²) in [6.45, 7) is 1.88. The van der Waals surface area contributed by atoms with Gasteiger partial charge in [0.25, 0.3) is 0 Å². The zero-order valence-corrected chi connectivity index (χ0v) is 14.0. The van der Waals surface area contributed by atoms with E-state index in [1.807, 2.05) is 43.3 Å². The Bertz CT molecular complexity index is 818. The van der Waals surface area contributed by atoms with Crippen LogP contribution >= 0.6 is 0 Å². The van der Waals surface area contributed by atoms with Gasteiger partial charge in [0.15, 0.2) is 5.96 Å². The predicted octanol–water partition coefficient (Wildman–Crippen LogP) is 2.15. The van der Waals surface area contributed by atoms with Crippen LogP contribution in [0.15, 0.2) is 47.6 Å². The Morgan fingerprint density at radius 3 is 2.71 bits per heavy atom. The normalized spacial score (nSPS) is 20.7. The minimum absolute atomic E-state index is 0.0708. The number of rotatable bonds is 3. The molecule has 6 nitrogen and oxygen atoms in total. The van der Waals surface area contributed by atoms with Crippen LogP contribution < -0.4 is 10.5 Å². The van der Waals surface area contributed by atoms with Gasteiger partial charge in [-0.1, -0.05) is 12.1 Å². The fraction of sp³-hybridized carbons (Fsp3) is 0.278. The summed E-state index contributed by atoms with van der Waals surface area (Å²) in [6.07, 6.45) is 1.96. The van der Waals surface area contributed by atoms with Gasteiger partial charge in [-0.05, 0) is 42.3 Å². The summed E-state index contributed by atoms with van der Waals surface area (Å²) in [4.78, 5) is 22.5. The summed E-state index contributed by atoms with van der Waals surface area (Å²) in [5.74, 6) is 0.926. The summed E-state index contributed by atoms with van der Waals surface area (Å²) in [5.41, 5.74) is 7.83. The van der Waals surface area contributed by atoms with E-state index in [2.05, 4.69) is 9.98 Å². The number of hydrogen-bond acceptors (Lipinski definition) is 5. The molecule has 6 heteroatoms. The molecule has 124 valence electrons. The maximum atomic E-state index is 12.2. The molecule has 0 unspecified atom stereocenters. The number of carbonyl (C=O) groups is 1. The standard InChI is InChI=1S/C18H20N4O2/c1-18(11-16(23)22(2)17(19)21-18)15-10-13(7-8-20-15)12-5-4-6-14(9-12)24-3/h4-10H,11H2,1-3H3,(H2,19,21)/t18-/m0/s1. The van der Waals surface area contributed by atoms with Crippen molar-refractivity contribution in [1.82, 2.24) is 9.88 Å². The van der Waals surface area contributed by atoms with Crippen LogP contribution in [0.5, 0.6) is 5.75 Å². The average molecular weight is 324 g/mol. The highest BCUT2D eigenvalue weighted by molar-refractivity contribution is 5.98. The summed E-state index contributed by atoms with van der Waals surface area (Å²) < 4.78 is 5.28. The highest BCUT2D eigenvalue weighted by Gasteiger charge is 2.37. The van der Waals surface area contributed by atoms with E-state index in [1.54, 1.807) is 20.4 Å². The van der Waals surface area contributed by atoms with Crippen molar-refractivity contribution in [2.24, 2.45) is 10.7 Å². The van der Waals surface area contributed by atoms with Gasteiger partial charge in [-0.2, -0.15) is 0 Å². The number of pyridine rings is 1. The topological polar surface area (TPSA) is 80.8 Å². The lowest BCUT2D eigenvalue weighted by Gasteiger charge is -2.32. The third kappa shape index (κ3) is 2.82. The lowest BCUT2D eigenvalue weighted by molar-refractivity contribution is -0.128. The minimum atomic E-state index is -0.761. The van der Waals surface area contributed by atoms with E-state index in [1.165, 1.54) is 4.90 Å². The molecule has 2 heterocycles. The van der Waals surface area contributed by atoms with E-state index in [-0.39, 0.29) is 18.3 Å². The number of aliphatic imine (C=N–C) groups is 1. The van der Waals surface area contributed by atoms with Crippen LogP contribution in [-0.4, -0.2) is 35.9 Å². The molecule has 0 spiro atoms. The highest BCUT2D eigenvalue weighted by atomic mass is 16.5. The molecule has 0 bridgehead atoms. The third-order valence-electron chi connectivity index (χ3n) is 4.29. The molecular formula is C18H20N4O2. The monoisotopic (exact) mass is 324 g/mol. The molecular weight excluding hydrogens is 304 g/mol. The van der Waals surface area contributed by atoms with Gasteiger partial charge >= 0.3 is 0 Å². The largest absolute Gasteiger partial charge is 0.497 e. The Kier molecular flexibility index (Phi) is 3.97. The van der Waals surface area contributed by atoms with E-state index < -0.39 is 5.54 Å². The number of guanidine groups is 1. The molecule has 1 aliphatic heterocycles. The molecule has 0 saturated carbocycles. The van der Waals surface area contributed by atoms with Gasteiger partial charge in [-0.15, -0.1) is 0 Å². The Labute approximate surface area is 141 Å². The number of carbonyl (C=O) groups excluding carboxylic acids is 1. The van der Waals surface area contributed by atoms with Gasteiger partial charge in [-0.3, -0.25) is 14.7 Å². The quantitative estimate of drug-likeness (QED) is 0.938. The number of hydrogen-bond donors (Lipinski definition) is 1. The first-order valence-electron chi connectivity index (χ1n) is 7.66. The second kappa shape index (κ2) is 5.96. The van der Waals surface area contributed by atoms with Crippen LogP contribution in [0.2, 0.25) is 0 Å². The van der Waals surface area contributed by atoms with Crippen LogP contribution in [0.25, 0.3) is 11.1 Å². The van der Waals surface area contributed by atoms with E-state index >= 15 is 0 Å². The molecule has 0 radical (unpaired) electrons. The Hall–Kier alpha value is -2.89. The molecule has 0 fully saturated rings. The molecule has 0 aliphatic carbocycles. The third-order valence-corrected chi connectivity index (χ3v) is 4.29. The molecule has 1 atom stereocenters. The van der Waals surface area contributed by atoms with Crippen molar-refractivity contribution in [3.63, 3.8) is 0 Å². The van der Waals surface area contributed by atoms with Crippen molar-refractivity contribution in [3.05, 3.63) is 48.3 Å². The molecule has 1 aromatic heterocycles. The van der Waals surface area contributed by atoms with E-state index in [0.29, 0.717) is 5.69 Å². The number of nitrogens with two attached hydrogens (primary N) is 1. The Balaban J connectivity index is 2.03. The summed E-state index contributed by atoms with van der Waals surface area (Å²) >= 11 is 0. The van der Waals surface area contributed by atoms with Crippen LogP contribution in [0, 0.1) is 0 Å². The van der Waals surface area contributed by atoms with Crippen molar-refractivity contribution in [2.45, 2.75) is 18.9 Å². The molecule has 1 amide bonds. The van der Waals surface area contributed by atoms with Gasteiger partial charge in [0, 0.05) is 13.2 Å². The highest BCUT2D eigenvalue weighted by Crippen LogP contribution is 2.34. The Morgan fingerprint density at radius 1 is 1.25 bits per heavy atom. The Morgan fingerprint density at radius 2 is 2.00 bits per heavy atom. The van der Waals surface area contributed by atoms with Crippen LogP contribution in [0.4, 0.5) is 0 Å². The van der Waals surface area contributed by atoms with Gasteiger partial charge in [0.1, 0.15) is 11.3 Å². The maximum Gasteiger partial charge on any atom is 0.231 e. The second-order valence-electron chi connectivity index (χ2n) is 6.04. The van der Waals surface area contributed by atoms with E-state index in [0.717, 1.165) is 16.9 Å². The fourth-order valence-electron chi connectivity index (χ4n) is 2.76. The smallest absolute Gasteiger partial charge is 0.231 e. The second-order valence-corrected chi connectivity index (χ2v) is 6.04. The maximum absolute atomic E-state index is 12.2. The average Bonchev–Trinajstić information content (AvgIpc) is 2.60. The molecule has 1 aliphatic rings. The van der Waals surface area contributed by atoms with Gasteiger partial charge in [0.2, 0.25) is 5.91 Å². The first-order chi connectivity index (χ1) is 11.4. The molecule has 1 aromatic carbocycles. The fourth-order valence-corrected chi connectivity index (χ4v) is 2.76. The van der Waals surface area contributed by atoms with E-state index in [4.69, 9.17) is 10.5 Å². The number of nitrogens with zero attached hydrogens (tertiary/aromatic N) is 3. The number of ether oxygens (including phenoxy) is 1. The van der Waals surface area contributed by atoms with Gasteiger partial charge in [0.05, 0.1) is 19.2 Å². The predicted molar refractivity (Wildman–Crippen MR) is 92.6 cm³/mol. The summed E-state index contributed by atoms with van der Waals surface area (Å²) in [5, 5.41) is 0. The first kappa shape index (κ1) is 16.0. The molecule has 24 heavy (non-hydrogen) atoms. The zero-order valence-electron chi connectivity index (χ0n) is 14.0. The summed E-state index contributed by atoms with van der Waals surface area (Å²) in [7, 11) is 3.26. The zero-order chi connectivity index (χ0) is 17.3. The van der Waals surface area contributed by atoms with Crippen LogP contribution in [-0.2, 0) is 10.3 Å². The van der Waals surface area contributed by atoms with Crippen molar-refractivity contribution in [2.75, 3.05) is 14.2 Å². The van der Waals surface area contributed by atoms with Gasteiger partial charge in [-0.25, -0.2) is 4.99 Å². The lowest BCUT2D eigenvalue weighted by atomic mass is 9.90. The lowest BCUT2D eigenvalue weighted by Crippen LogP contribution is -2.47. The number of benzene rings is 1. The summed E-state index contributed by atoms with van der Waals surface area (Å²) in [6, 6.07) is 11.7. The first-order valence-corrected chi connectivity index (χ1v) is 7.66. The van der Waals surface area contributed by atoms with Gasteiger partial charge < -0.3 is 10.5 Å². The molecule has 2 aromatic rings. The number of methoxy groups -OCH3 is 1. The van der Waals surface area contributed by atoms with E-state index in [9.17, 15) is 4.79 Å². The molecule has 0 saturated heterocycles. The SMILES string of the molecule is COc1cccc(-c2ccnc([C@]3(C)CC(=O)N(C)C(N)=N3)c2)c1. The van der Waals surface area contributed by atoms with Crippen molar-refractivity contribution in [3.8, 4) is 16.9 Å². The number of amides is 1. The number of aromatic nitrogens is 1. The van der Waals surface area contributed by atoms with Crippen molar-refractivity contribution in [1.29, 1.82) is 0 Å². The van der Waals surface area contributed by atoms with Crippen molar-refractivity contribution >= 4 is 11.9 Å². The minimum Gasteiger partial charge on any atom is -0.497 e. The van der Waals surface area contributed by atoms with Crippen LogP contribution in [0.1, 0.15) is 19.0 Å².